The van der Waals surface area contributed by atoms with E-state index in [4.69, 9.17) is 4.74 Å². The van der Waals surface area contributed by atoms with Gasteiger partial charge in [-0.3, -0.25) is 4.79 Å². The van der Waals surface area contributed by atoms with Crippen LogP contribution in [0.1, 0.15) is 50.3 Å². The van der Waals surface area contributed by atoms with Gasteiger partial charge in [-0.1, -0.05) is 0 Å². The van der Waals surface area contributed by atoms with E-state index < -0.39 is 0 Å². The first-order valence-corrected chi connectivity index (χ1v) is 9.79. The predicted octanol–water partition coefficient (Wildman–Crippen LogP) is 1.07. The minimum Gasteiger partial charge on any atom is -0.377 e. The second-order valence-electron chi connectivity index (χ2n) is 7.68. The summed E-state index contributed by atoms with van der Waals surface area (Å²) in [7, 11) is 0. The summed E-state index contributed by atoms with van der Waals surface area (Å²) in [5.74, 6) is 2.51. The van der Waals surface area contributed by atoms with Crippen molar-refractivity contribution in [2.75, 3.05) is 26.2 Å². The summed E-state index contributed by atoms with van der Waals surface area (Å²) in [6.45, 7) is 4.28. The van der Waals surface area contributed by atoms with Crippen molar-refractivity contribution in [2.45, 2.75) is 57.1 Å². The molecule has 0 aromatic carbocycles. The van der Waals surface area contributed by atoms with Crippen LogP contribution in [0.15, 0.2) is 6.33 Å². The number of aromatic nitrogens is 3. The summed E-state index contributed by atoms with van der Waals surface area (Å²) in [6.07, 6.45) is 8.57. The molecule has 3 fully saturated rings. The van der Waals surface area contributed by atoms with Gasteiger partial charge in [0.15, 0.2) is 0 Å². The first-order chi connectivity index (χ1) is 12.3. The highest BCUT2D eigenvalue weighted by Crippen LogP contribution is 2.38. The van der Waals surface area contributed by atoms with Crippen molar-refractivity contribution in [3.05, 3.63) is 12.2 Å². The van der Waals surface area contributed by atoms with Crippen molar-refractivity contribution < 1.29 is 9.53 Å². The summed E-state index contributed by atoms with van der Waals surface area (Å²) in [5.41, 5.74) is 0. The van der Waals surface area contributed by atoms with Crippen molar-refractivity contribution in [1.29, 1.82) is 0 Å². The van der Waals surface area contributed by atoms with Crippen molar-refractivity contribution >= 4 is 5.91 Å². The van der Waals surface area contributed by atoms with Gasteiger partial charge >= 0.3 is 0 Å². The van der Waals surface area contributed by atoms with Gasteiger partial charge in [0.05, 0.1) is 12.0 Å². The van der Waals surface area contributed by atoms with Gasteiger partial charge in [-0.15, -0.1) is 10.2 Å². The molecule has 25 heavy (non-hydrogen) atoms. The van der Waals surface area contributed by atoms with Crippen LogP contribution >= 0.6 is 0 Å². The average Bonchev–Trinajstić information content (AvgIpc) is 3.18. The third-order valence-corrected chi connectivity index (χ3v) is 5.81. The molecule has 3 aliphatic rings. The Labute approximate surface area is 148 Å². The number of nitrogens with zero attached hydrogens (tertiary/aromatic N) is 3. The van der Waals surface area contributed by atoms with Crippen LogP contribution in [-0.2, 0) is 16.1 Å². The van der Waals surface area contributed by atoms with Crippen LogP contribution in [0.4, 0.5) is 0 Å². The van der Waals surface area contributed by atoms with Crippen LogP contribution in [0.5, 0.6) is 0 Å². The third-order valence-electron chi connectivity index (χ3n) is 5.81. The van der Waals surface area contributed by atoms with Crippen LogP contribution in [0, 0.1) is 11.8 Å². The van der Waals surface area contributed by atoms with E-state index in [0.29, 0.717) is 25.0 Å². The second kappa shape index (κ2) is 7.83. The van der Waals surface area contributed by atoms with Crippen LogP contribution in [0.25, 0.3) is 0 Å². The predicted molar refractivity (Wildman–Crippen MR) is 93.1 cm³/mol. The molecule has 2 N–H and O–H groups in total. The van der Waals surface area contributed by atoms with Gasteiger partial charge in [-0.25, -0.2) is 0 Å². The fourth-order valence-electron chi connectivity index (χ4n) is 4.15. The van der Waals surface area contributed by atoms with E-state index in [1.165, 1.54) is 25.7 Å². The van der Waals surface area contributed by atoms with Gasteiger partial charge in [0.25, 0.3) is 0 Å². The number of amides is 1. The molecule has 1 aromatic heterocycles. The van der Waals surface area contributed by atoms with E-state index in [1.807, 2.05) is 0 Å². The Morgan fingerprint density at radius 2 is 2.12 bits per heavy atom. The summed E-state index contributed by atoms with van der Waals surface area (Å²) in [6, 6.07) is 0. The molecule has 1 saturated carbocycles. The highest BCUT2D eigenvalue weighted by Gasteiger charge is 2.35. The molecule has 1 aromatic rings. The lowest BCUT2D eigenvalue weighted by Gasteiger charge is -2.27. The minimum atomic E-state index is 0.0127. The summed E-state index contributed by atoms with van der Waals surface area (Å²) in [5, 5.41) is 14.7. The number of carbonyl (C=O) groups excluding carboxylic acids is 1. The Morgan fingerprint density at radius 1 is 1.28 bits per heavy atom. The molecule has 2 atom stereocenters. The van der Waals surface area contributed by atoms with Gasteiger partial charge in [-0.05, 0) is 57.5 Å². The van der Waals surface area contributed by atoms with Crippen LogP contribution in [0.2, 0.25) is 0 Å². The number of rotatable bonds is 7. The average molecular weight is 347 g/mol. The van der Waals surface area contributed by atoms with Crippen LogP contribution in [0.3, 0.4) is 0 Å². The molecule has 2 saturated heterocycles. The minimum absolute atomic E-state index is 0.0127. The van der Waals surface area contributed by atoms with E-state index in [2.05, 4.69) is 25.4 Å². The normalized spacial score (nSPS) is 27.5. The largest absolute Gasteiger partial charge is 0.377 e. The third kappa shape index (κ3) is 4.20. The molecule has 1 aliphatic carbocycles. The molecule has 7 nitrogen and oxygen atoms in total. The Balaban J connectivity index is 1.24. The SMILES string of the molecule is O=C(NCCn1cnnc1C1CC1)[C@@H]1CCO[C@@H]1CC1CCNCC1. The monoisotopic (exact) mass is 347 g/mol. The molecular weight excluding hydrogens is 318 g/mol. The maximum absolute atomic E-state index is 12.6. The van der Waals surface area contributed by atoms with Gasteiger partial charge in [0.2, 0.25) is 5.91 Å². The molecule has 0 radical (unpaired) electrons. The molecule has 2 aliphatic heterocycles. The molecular formula is C18H29N5O2. The number of hydrogen-bond donors (Lipinski definition) is 2. The highest BCUT2D eigenvalue weighted by molar-refractivity contribution is 5.79. The Kier molecular flexibility index (Phi) is 5.31. The summed E-state index contributed by atoms with van der Waals surface area (Å²) < 4.78 is 7.97. The lowest BCUT2D eigenvalue weighted by Crippen LogP contribution is -2.38. The van der Waals surface area contributed by atoms with Crippen molar-refractivity contribution in [1.82, 2.24) is 25.4 Å². The maximum Gasteiger partial charge on any atom is 0.225 e. The number of piperidine rings is 1. The van der Waals surface area contributed by atoms with E-state index >= 15 is 0 Å². The zero-order chi connectivity index (χ0) is 17.1. The molecule has 0 bridgehead atoms. The first kappa shape index (κ1) is 17.0. The highest BCUT2D eigenvalue weighted by atomic mass is 16.5. The fraction of sp³-hybridized carbons (Fsp3) is 0.833. The van der Waals surface area contributed by atoms with Crippen molar-refractivity contribution in [3.63, 3.8) is 0 Å². The lowest BCUT2D eigenvalue weighted by molar-refractivity contribution is -0.127. The topological polar surface area (TPSA) is 81.1 Å². The van der Waals surface area contributed by atoms with Gasteiger partial charge in [0, 0.05) is 25.6 Å². The molecule has 7 heteroatoms. The van der Waals surface area contributed by atoms with E-state index in [1.54, 1.807) is 6.33 Å². The molecule has 3 heterocycles. The quantitative estimate of drug-likeness (QED) is 0.771. The zero-order valence-corrected chi connectivity index (χ0v) is 14.8. The lowest BCUT2D eigenvalue weighted by atomic mass is 9.87. The van der Waals surface area contributed by atoms with Crippen LogP contribution in [-0.4, -0.2) is 53.0 Å². The number of nitrogens with one attached hydrogen (secondary N) is 2. The zero-order valence-electron chi connectivity index (χ0n) is 14.8. The van der Waals surface area contributed by atoms with E-state index in [0.717, 1.165) is 38.3 Å². The Bertz CT molecular complexity index is 580. The van der Waals surface area contributed by atoms with E-state index in [9.17, 15) is 4.79 Å². The van der Waals surface area contributed by atoms with Crippen molar-refractivity contribution in [2.24, 2.45) is 11.8 Å². The van der Waals surface area contributed by atoms with E-state index in [-0.39, 0.29) is 17.9 Å². The van der Waals surface area contributed by atoms with Crippen molar-refractivity contribution in [3.8, 4) is 0 Å². The Morgan fingerprint density at radius 3 is 2.92 bits per heavy atom. The number of hydrogen-bond acceptors (Lipinski definition) is 5. The first-order valence-electron chi connectivity index (χ1n) is 9.79. The van der Waals surface area contributed by atoms with Gasteiger partial charge in [0.1, 0.15) is 12.2 Å². The number of carbonyl (C=O) groups is 1. The molecule has 0 spiro atoms. The fourth-order valence-corrected chi connectivity index (χ4v) is 4.15. The number of ether oxygens (including phenoxy) is 1. The molecule has 1 amide bonds. The molecule has 0 unspecified atom stereocenters. The maximum atomic E-state index is 12.6. The Hall–Kier alpha value is -1.47. The second-order valence-corrected chi connectivity index (χ2v) is 7.68. The van der Waals surface area contributed by atoms with Gasteiger partial charge < -0.3 is 19.9 Å². The standard InChI is InChI=1S/C18H29N5O2/c24-18(20-8-9-23-12-21-22-17(23)14-1-2-14)15-5-10-25-16(15)11-13-3-6-19-7-4-13/h12-16,19H,1-11H2,(H,20,24)/t15-,16-/m1/s1. The summed E-state index contributed by atoms with van der Waals surface area (Å²) in [4.78, 5) is 12.6. The van der Waals surface area contributed by atoms with Crippen LogP contribution < -0.4 is 10.6 Å². The smallest absolute Gasteiger partial charge is 0.225 e. The molecule has 138 valence electrons. The summed E-state index contributed by atoms with van der Waals surface area (Å²) >= 11 is 0. The molecule has 4 rings (SSSR count). The van der Waals surface area contributed by atoms with Gasteiger partial charge in [-0.2, -0.15) is 0 Å².